The summed E-state index contributed by atoms with van der Waals surface area (Å²) in [6, 6.07) is 8.83. The maximum Gasteiger partial charge on any atom is 0.433 e. The van der Waals surface area contributed by atoms with Crippen molar-refractivity contribution >= 4 is 23.3 Å². The summed E-state index contributed by atoms with van der Waals surface area (Å²) in [5.74, 6) is 1.38. The molecule has 1 aliphatic heterocycles. The van der Waals surface area contributed by atoms with Crippen LogP contribution in [0.5, 0.6) is 0 Å². The maximum atomic E-state index is 13.0. The molecule has 1 aromatic carbocycles. The predicted molar refractivity (Wildman–Crippen MR) is 117 cm³/mol. The molecule has 2 amide bonds. The van der Waals surface area contributed by atoms with Gasteiger partial charge in [0.1, 0.15) is 11.5 Å². The first kappa shape index (κ1) is 23.0. The Morgan fingerprint density at radius 2 is 1.88 bits per heavy atom. The van der Waals surface area contributed by atoms with Crippen molar-refractivity contribution in [1.29, 1.82) is 0 Å². The van der Waals surface area contributed by atoms with Crippen molar-refractivity contribution < 1.29 is 18.0 Å². The Kier molecular flexibility index (Phi) is 6.29. The molecule has 33 heavy (non-hydrogen) atoms. The molecule has 1 saturated heterocycles. The summed E-state index contributed by atoms with van der Waals surface area (Å²) in [4.78, 5) is 18.3. The smallest absolute Gasteiger partial charge is 0.314 e. The third kappa shape index (κ3) is 4.95. The number of alkyl halides is 3. The van der Waals surface area contributed by atoms with E-state index < -0.39 is 17.9 Å². The van der Waals surface area contributed by atoms with Gasteiger partial charge in [0.05, 0.1) is 24.0 Å². The van der Waals surface area contributed by atoms with Gasteiger partial charge in [0.25, 0.3) is 0 Å². The minimum Gasteiger partial charge on any atom is -0.314 e. The second-order valence-corrected chi connectivity index (χ2v) is 8.36. The summed E-state index contributed by atoms with van der Waals surface area (Å²) < 4.78 is 40.6. The Bertz CT molecular complexity index is 1160. The molecule has 0 radical (unpaired) electrons. The highest BCUT2D eigenvalue weighted by atomic mass is 35.5. The van der Waals surface area contributed by atoms with Gasteiger partial charge < -0.3 is 14.8 Å². The van der Waals surface area contributed by atoms with Gasteiger partial charge in [-0.1, -0.05) is 23.7 Å². The number of rotatable bonds is 4. The van der Waals surface area contributed by atoms with Crippen LogP contribution in [0.3, 0.4) is 0 Å². The van der Waals surface area contributed by atoms with Crippen LogP contribution < -0.4 is 5.32 Å². The number of amides is 2. The first-order valence-corrected chi connectivity index (χ1v) is 10.8. The number of carbonyl (C=O) groups excluding carboxylic acids is 1. The first-order chi connectivity index (χ1) is 15.6. The molecule has 1 fully saturated rings. The molecule has 1 aliphatic rings. The molecular formula is C22H22ClF3N6O. The van der Waals surface area contributed by atoms with Crippen molar-refractivity contribution in [3.8, 4) is 0 Å². The normalized spacial score (nSPS) is 16.3. The van der Waals surface area contributed by atoms with Crippen LogP contribution in [0.1, 0.15) is 47.5 Å². The minimum absolute atomic E-state index is 0.0932. The van der Waals surface area contributed by atoms with E-state index in [1.807, 2.05) is 35.8 Å². The number of halogens is 4. The van der Waals surface area contributed by atoms with E-state index in [-0.39, 0.29) is 17.4 Å². The second kappa shape index (κ2) is 9.01. The number of nitrogens with zero attached hydrogens (tertiary/aromatic N) is 5. The zero-order chi connectivity index (χ0) is 23.8. The molecule has 4 rings (SSSR count). The minimum atomic E-state index is -4.54. The molecule has 3 heterocycles. The number of urea groups is 1. The molecule has 2 aromatic heterocycles. The van der Waals surface area contributed by atoms with Gasteiger partial charge in [-0.05, 0) is 56.5 Å². The molecule has 0 aliphatic carbocycles. The van der Waals surface area contributed by atoms with Crippen LogP contribution in [0.4, 0.5) is 23.7 Å². The molecule has 0 unspecified atom stereocenters. The molecule has 0 bridgehead atoms. The summed E-state index contributed by atoms with van der Waals surface area (Å²) in [6.45, 7) is 4.30. The lowest BCUT2D eigenvalue weighted by Crippen LogP contribution is -2.36. The number of hydrogen-bond acceptors (Lipinski definition) is 4. The Hall–Kier alpha value is -3.14. The van der Waals surface area contributed by atoms with Crippen LogP contribution in [-0.4, -0.2) is 37.2 Å². The Balaban J connectivity index is 1.54. The number of nitrogens with one attached hydrogen (secondary N) is 1. The third-order valence-corrected chi connectivity index (χ3v) is 5.90. The van der Waals surface area contributed by atoms with E-state index in [1.54, 1.807) is 4.90 Å². The topological polar surface area (TPSA) is 75.9 Å². The highest BCUT2D eigenvalue weighted by molar-refractivity contribution is 6.30. The second-order valence-electron chi connectivity index (χ2n) is 7.93. The highest BCUT2D eigenvalue weighted by Gasteiger charge is 2.35. The number of likely N-dealkylation sites (tertiary alicyclic amines) is 1. The van der Waals surface area contributed by atoms with Crippen LogP contribution in [-0.2, 0) is 12.7 Å². The summed E-state index contributed by atoms with van der Waals surface area (Å²) >= 11 is 5.98. The van der Waals surface area contributed by atoms with E-state index in [0.717, 1.165) is 23.9 Å². The molecule has 174 valence electrons. The van der Waals surface area contributed by atoms with Crippen molar-refractivity contribution in [2.75, 3.05) is 11.9 Å². The van der Waals surface area contributed by atoms with Gasteiger partial charge in [-0.25, -0.2) is 9.78 Å². The van der Waals surface area contributed by atoms with Crippen molar-refractivity contribution in [3.05, 3.63) is 70.0 Å². The third-order valence-electron chi connectivity index (χ3n) is 5.65. The van der Waals surface area contributed by atoms with Gasteiger partial charge in [-0.15, -0.1) is 10.2 Å². The molecule has 0 saturated carbocycles. The number of anilines is 1. The number of pyridine rings is 1. The Labute approximate surface area is 193 Å². The lowest BCUT2D eigenvalue weighted by atomic mass is 10.2. The maximum absolute atomic E-state index is 13.0. The summed E-state index contributed by atoms with van der Waals surface area (Å²) in [6.07, 6.45) is -3.06. The molecular weight excluding hydrogens is 457 g/mol. The van der Waals surface area contributed by atoms with Crippen molar-refractivity contribution in [2.24, 2.45) is 0 Å². The lowest BCUT2D eigenvalue weighted by molar-refractivity contribution is -0.141. The largest absolute Gasteiger partial charge is 0.433 e. The van der Waals surface area contributed by atoms with Gasteiger partial charge in [0.2, 0.25) is 0 Å². The zero-order valence-corrected chi connectivity index (χ0v) is 18.8. The van der Waals surface area contributed by atoms with Gasteiger partial charge in [-0.3, -0.25) is 0 Å². The van der Waals surface area contributed by atoms with E-state index in [1.165, 1.54) is 13.0 Å². The Morgan fingerprint density at radius 3 is 2.55 bits per heavy atom. The number of aryl methyl sites for hydroxylation is 2. The molecule has 0 spiro atoms. The molecule has 3 aromatic rings. The van der Waals surface area contributed by atoms with E-state index in [0.29, 0.717) is 30.4 Å². The van der Waals surface area contributed by atoms with E-state index in [4.69, 9.17) is 11.6 Å². The van der Waals surface area contributed by atoms with E-state index >= 15 is 0 Å². The van der Waals surface area contributed by atoms with E-state index in [9.17, 15) is 18.0 Å². The lowest BCUT2D eigenvalue weighted by Gasteiger charge is -2.25. The van der Waals surface area contributed by atoms with Gasteiger partial charge in [0.15, 0.2) is 5.82 Å². The summed E-state index contributed by atoms with van der Waals surface area (Å²) in [5.41, 5.74) is 0.347. The Morgan fingerprint density at radius 1 is 1.15 bits per heavy atom. The first-order valence-electron chi connectivity index (χ1n) is 10.4. The van der Waals surface area contributed by atoms with Crippen LogP contribution >= 0.6 is 11.6 Å². The number of aromatic nitrogens is 4. The fourth-order valence-corrected chi connectivity index (χ4v) is 4.05. The fraction of sp³-hybridized carbons (Fsp3) is 0.364. The van der Waals surface area contributed by atoms with Gasteiger partial charge >= 0.3 is 12.2 Å². The van der Waals surface area contributed by atoms with Gasteiger partial charge in [0, 0.05) is 11.6 Å². The average molecular weight is 479 g/mol. The fourth-order valence-electron chi connectivity index (χ4n) is 3.93. The van der Waals surface area contributed by atoms with Crippen LogP contribution in [0.15, 0.2) is 36.4 Å². The van der Waals surface area contributed by atoms with Gasteiger partial charge in [-0.2, -0.15) is 13.2 Å². The number of carbonyl (C=O) groups is 1. The average Bonchev–Trinajstić information content (AvgIpc) is 3.37. The molecule has 1 N–H and O–H groups in total. The van der Waals surface area contributed by atoms with E-state index in [2.05, 4.69) is 20.5 Å². The SMILES string of the molecule is Cc1nc(C(F)(F)F)ccc1NC(=O)N1CCC[C@@H]1c1nnc(C)n1Cc1ccc(Cl)cc1. The zero-order valence-electron chi connectivity index (χ0n) is 18.0. The van der Waals surface area contributed by atoms with Crippen LogP contribution in [0.25, 0.3) is 0 Å². The van der Waals surface area contributed by atoms with Crippen molar-refractivity contribution in [3.63, 3.8) is 0 Å². The summed E-state index contributed by atoms with van der Waals surface area (Å²) in [7, 11) is 0. The standard InChI is InChI=1S/C22H22ClF3N6O/c1-13-17(9-10-19(27-13)22(24,25)26)28-21(33)31-11-3-4-18(31)20-30-29-14(2)32(20)12-15-5-7-16(23)8-6-15/h5-10,18H,3-4,11-12H2,1-2H3,(H,28,33)/t18-/m1/s1. The molecule has 1 atom stereocenters. The quantitative estimate of drug-likeness (QED) is 0.546. The van der Waals surface area contributed by atoms with Crippen molar-refractivity contribution in [1.82, 2.24) is 24.6 Å². The highest BCUT2D eigenvalue weighted by Crippen LogP contribution is 2.33. The number of hydrogen-bond donors (Lipinski definition) is 1. The summed E-state index contributed by atoms with van der Waals surface area (Å²) in [5, 5.41) is 11.9. The molecule has 7 nitrogen and oxygen atoms in total. The molecule has 11 heteroatoms. The van der Waals surface area contributed by atoms with Crippen LogP contribution in [0.2, 0.25) is 5.02 Å². The van der Waals surface area contributed by atoms with Crippen molar-refractivity contribution in [2.45, 2.75) is 45.5 Å². The predicted octanol–water partition coefficient (Wildman–Crippen LogP) is 5.38. The number of benzene rings is 1. The monoisotopic (exact) mass is 478 g/mol. The van der Waals surface area contributed by atoms with Crippen LogP contribution in [0, 0.1) is 13.8 Å².